The standard InChI is InChI=1S/C32H25NO6/c1-14(2)16-10-7-11-17(15(3)4)26(16)33-31(38)22-12-20-21(13-23(22)32(33)39)30(37)25-24(29(20)36)27(34)18-8-5-6-9-19(18)28(25)35/h5-15,36-37H,1-4H3. The molecule has 0 bridgehead atoms. The average molecular weight is 520 g/mol. The van der Waals surface area contributed by atoms with Crippen molar-refractivity contribution in [3.05, 3.63) is 107 Å². The highest BCUT2D eigenvalue weighted by Crippen LogP contribution is 2.41. The average Bonchev–Trinajstić information content (AvgIpc) is 3.16. The maximum absolute atomic E-state index is 13.8. The molecule has 0 spiro atoms. The third kappa shape index (κ3) is 3.22. The minimum absolute atomic E-state index is 0.00904. The van der Waals surface area contributed by atoms with Crippen LogP contribution >= 0.6 is 0 Å². The summed E-state index contributed by atoms with van der Waals surface area (Å²) in [6, 6.07) is 14.5. The first-order valence-electron chi connectivity index (χ1n) is 12.8. The van der Waals surface area contributed by atoms with Crippen molar-refractivity contribution in [3.8, 4) is 17.2 Å². The van der Waals surface area contributed by atoms with Crippen LogP contribution in [0.3, 0.4) is 0 Å². The van der Waals surface area contributed by atoms with Crippen LogP contribution in [0.2, 0.25) is 0 Å². The van der Waals surface area contributed by atoms with E-state index in [9.17, 15) is 29.4 Å². The van der Waals surface area contributed by atoms with E-state index in [4.69, 9.17) is 0 Å². The van der Waals surface area contributed by atoms with Gasteiger partial charge in [-0.05, 0) is 35.1 Å². The lowest BCUT2D eigenvalue weighted by Crippen LogP contribution is -2.26. The molecule has 0 radical (unpaired) electrons. The number of phenolic OH excluding ortho intramolecular Hbond substituents is 2. The van der Waals surface area contributed by atoms with Crippen molar-refractivity contribution in [2.45, 2.75) is 39.5 Å². The lowest BCUT2D eigenvalue weighted by molar-refractivity contribution is 0.478. The van der Waals surface area contributed by atoms with Crippen molar-refractivity contribution >= 4 is 43.1 Å². The van der Waals surface area contributed by atoms with Crippen LogP contribution in [-0.4, -0.2) is 14.8 Å². The smallest absolute Gasteiger partial charge is 0.266 e. The van der Waals surface area contributed by atoms with Crippen molar-refractivity contribution in [1.29, 1.82) is 0 Å². The van der Waals surface area contributed by atoms with E-state index in [0.717, 1.165) is 15.7 Å². The normalized spacial score (nSPS) is 12.2. The number of phenols is 2. The minimum atomic E-state index is -0.605. The third-order valence-corrected chi connectivity index (χ3v) is 7.70. The summed E-state index contributed by atoms with van der Waals surface area (Å²) in [6.07, 6.45) is 0. The first-order chi connectivity index (χ1) is 18.5. The molecule has 1 heterocycles. The Hall–Kier alpha value is -4.78. The molecule has 39 heavy (non-hydrogen) atoms. The Morgan fingerprint density at radius 2 is 0.974 bits per heavy atom. The van der Waals surface area contributed by atoms with E-state index in [-0.39, 0.29) is 54.9 Å². The van der Waals surface area contributed by atoms with Crippen LogP contribution in [0.1, 0.15) is 50.7 Å². The second kappa shape index (κ2) is 8.36. The van der Waals surface area contributed by atoms with Gasteiger partial charge in [-0.1, -0.05) is 70.2 Å². The van der Waals surface area contributed by atoms with Gasteiger partial charge in [0.2, 0.25) is 0 Å². The first-order valence-corrected chi connectivity index (χ1v) is 12.8. The van der Waals surface area contributed by atoms with E-state index >= 15 is 0 Å². The summed E-state index contributed by atoms with van der Waals surface area (Å²) in [5.74, 6) is -0.976. The van der Waals surface area contributed by atoms with Gasteiger partial charge in [0, 0.05) is 21.5 Å². The fourth-order valence-corrected chi connectivity index (χ4v) is 5.75. The molecule has 0 amide bonds. The highest BCUT2D eigenvalue weighted by Gasteiger charge is 2.26. The quantitative estimate of drug-likeness (QED) is 0.249. The van der Waals surface area contributed by atoms with Crippen LogP contribution in [0, 0.1) is 0 Å². The second-order valence-corrected chi connectivity index (χ2v) is 10.6. The SMILES string of the molecule is CC(C)c1cccc(C(C)C)c1-n1c(=O)c2cc3c(O)c4c(=O)c5ccccc5c(=O)c4c(O)c3cc2c1=O. The van der Waals surface area contributed by atoms with Gasteiger partial charge in [0.25, 0.3) is 11.1 Å². The van der Waals surface area contributed by atoms with Crippen molar-refractivity contribution in [2.24, 2.45) is 0 Å². The van der Waals surface area contributed by atoms with E-state index in [0.29, 0.717) is 5.69 Å². The summed E-state index contributed by atoms with van der Waals surface area (Å²) in [6.45, 7) is 7.95. The van der Waals surface area contributed by atoms with Crippen LogP contribution in [-0.2, 0) is 0 Å². The van der Waals surface area contributed by atoms with Crippen LogP contribution in [0.4, 0.5) is 0 Å². The number of para-hydroxylation sites is 1. The fourth-order valence-electron chi connectivity index (χ4n) is 5.75. The highest BCUT2D eigenvalue weighted by molar-refractivity contribution is 6.16. The Balaban J connectivity index is 1.81. The first kappa shape index (κ1) is 24.6. The van der Waals surface area contributed by atoms with Crippen LogP contribution in [0.15, 0.2) is 73.8 Å². The maximum Gasteiger partial charge on any atom is 0.266 e. The Morgan fingerprint density at radius 1 is 0.564 bits per heavy atom. The predicted molar refractivity (Wildman–Crippen MR) is 155 cm³/mol. The van der Waals surface area contributed by atoms with E-state index in [1.54, 1.807) is 12.1 Å². The molecular weight excluding hydrogens is 494 g/mol. The van der Waals surface area contributed by atoms with E-state index in [1.807, 2.05) is 45.9 Å². The lowest BCUT2D eigenvalue weighted by Gasteiger charge is -2.19. The molecule has 6 aromatic rings. The van der Waals surface area contributed by atoms with Crippen molar-refractivity contribution in [2.75, 3.05) is 0 Å². The number of benzene rings is 5. The van der Waals surface area contributed by atoms with Gasteiger partial charge in [0.15, 0.2) is 10.9 Å². The number of hydrogen-bond acceptors (Lipinski definition) is 6. The number of hydrogen-bond donors (Lipinski definition) is 2. The molecule has 1 aromatic heterocycles. The molecule has 0 saturated heterocycles. The molecule has 0 unspecified atom stereocenters. The number of aromatic hydroxyl groups is 2. The highest BCUT2D eigenvalue weighted by atomic mass is 16.3. The monoisotopic (exact) mass is 519 g/mol. The van der Waals surface area contributed by atoms with E-state index in [1.165, 1.54) is 24.3 Å². The molecule has 2 N–H and O–H groups in total. The number of fused-ring (bicyclic) bond motifs is 4. The summed E-state index contributed by atoms with van der Waals surface area (Å²) < 4.78 is 1.16. The van der Waals surface area contributed by atoms with Gasteiger partial charge in [-0.2, -0.15) is 0 Å². The largest absolute Gasteiger partial charge is 0.506 e. The second-order valence-electron chi connectivity index (χ2n) is 10.6. The maximum atomic E-state index is 13.8. The molecule has 0 aliphatic carbocycles. The molecule has 0 fully saturated rings. The molecule has 0 aliphatic rings. The van der Waals surface area contributed by atoms with Gasteiger partial charge in [-0.15, -0.1) is 0 Å². The van der Waals surface area contributed by atoms with Gasteiger partial charge < -0.3 is 10.2 Å². The lowest BCUT2D eigenvalue weighted by atomic mass is 9.92. The fraction of sp³-hybridized carbons (Fsp3) is 0.188. The van der Waals surface area contributed by atoms with Crippen molar-refractivity contribution in [1.82, 2.24) is 4.57 Å². The zero-order valence-corrected chi connectivity index (χ0v) is 21.8. The van der Waals surface area contributed by atoms with Crippen LogP contribution < -0.4 is 22.0 Å². The number of rotatable bonds is 3. The summed E-state index contributed by atoms with van der Waals surface area (Å²) in [7, 11) is 0. The van der Waals surface area contributed by atoms with Gasteiger partial charge in [-0.3, -0.25) is 19.2 Å². The Kier molecular flexibility index (Phi) is 5.26. The van der Waals surface area contributed by atoms with Gasteiger partial charge in [0.05, 0.1) is 27.2 Å². The zero-order chi connectivity index (χ0) is 27.9. The molecule has 194 valence electrons. The molecule has 7 heteroatoms. The molecule has 5 aromatic carbocycles. The van der Waals surface area contributed by atoms with E-state index in [2.05, 4.69) is 0 Å². The van der Waals surface area contributed by atoms with Gasteiger partial charge >= 0.3 is 0 Å². The summed E-state index contributed by atoms with van der Waals surface area (Å²) >= 11 is 0. The third-order valence-electron chi connectivity index (χ3n) is 7.70. The molecule has 0 aliphatic heterocycles. The van der Waals surface area contributed by atoms with Gasteiger partial charge in [0.1, 0.15) is 11.5 Å². The predicted octanol–water partition coefficient (Wildman–Crippen LogP) is 5.06. The minimum Gasteiger partial charge on any atom is -0.506 e. The van der Waals surface area contributed by atoms with E-state index < -0.39 is 33.5 Å². The molecule has 6 rings (SSSR count). The number of aromatic nitrogens is 1. The summed E-state index contributed by atoms with van der Waals surface area (Å²) in [4.78, 5) is 54.2. The molecule has 0 atom stereocenters. The molecule has 0 saturated carbocycles. The zero-order valence-electron chi connectivity index (χ0n) is 21.8. The van der Waals surface area contributed by atoms with Crippen molar-refractivity contribution < 1.29 is 10.2 Å². The molecule has 7 nitrogen and oxygen atoms in total. The Bertz CT molecular complexity index is 2080. The van der Waals surface area contributed by atoms with Crippen LogP contribution in [0.25, 0.3) is 48.8 Å². The Morgan fingerprint density at radius 3 is 1.36 bits per heavy atom. The topological polar surface area (TPSA) is 114 Å². The van der Waals surface area contributed by atoms with Crippen LogP contribution in [0.5, 0.6) is 11.5 Å². The Labute approximate surface area is 221 Å². The summed E-state index contributed by atoms with van der Waals surface area (Å²) in [5.41, 5.74) is -0.108. The number of nitrogens with zero attached hydrogens (tertiary/aromatic N) is 1. The summed E-state index contributed by atoms with van der Waals surface area (Å²) in [5, 5.41) is 22.2. The van der Waals surface area contributed by atoms with Gasteiger partial charge in [-0.25, -0.2) is 4.57 Å². The van der Waals surface area contributed by atoms with Crippen molar-refractivity contribution in [3.63, 3.8) is 0 Å². The molecular formula is C32H25NO6.